The molecule has 0 atom stereocenters. The molecule has 1 aliphatic rings. The first-order valence-electron chi connectivity index (χ1n) is 6.10. The molecule has 20 heavy (non-hydrogen) atoms. The van der Waals surface area contributed by atoms with Crippen molar-refractivity contribution in [1.29, 1.82) is 0 Å². The minimum Gasteiger partial charge on any atom is -0.490 e. The van der Waals surface area contributed by atoms with Crippen LogP contribution in [0.15, 0.2) is 21.5 Å². The SMILES string of the molecule is NS(=O)(=O)c1cc(Br)cc(Cl)c1OCC1CCOCC1. The molecule has 0 unspecified atom stereocenters. The van der Waals surface area contributed by atoms with Gasteiger partial charge in [-0.3, -0.25) is 0 Å². The van der Waals surface area contributed by atoms with E-state index >= 15 is 0 Å². The standard InChI is InChI=1S/C12H15BrClNO4S/c13-9-5-10(14)12(11(6-9)20(15,16)17)19-7-8-1-3-18-4-2-8/h5-6,8H,1-4,7H2,(H2,15,16,17). The van der Waals surface area contributed by atoms with Crippen molar-refractivity contribution in [2.24, 2.45) is 11.1 Å². The summed E-state index contributed by atoms with van der Waals surface area (Å²) in [7, 11) is -3.90. The Balaban J connectivity index is 2.21. The highest BCUT2D eigenvalue weighted by atomic mass is 79.9. The van der Waals surface area contributed by atoms with Gasteiger partial charge in [0.1, 0.15) is 4.90 Å². The van der Waals surface area contributed by atoms with Crippen molar-refractivity contribution in [3.8, 4) is 5.75 Å². The van der Waals surface area contributed by atoms with Crippen LogP contribution in [0.25, 0.3) is 0 Å². The van der Waals surface area contributed by atoms with Crippen LogP contribution in [0, 0.1) is 5.92 Å². The van der Waals surface area contributed by atoms with Gasteiger partial charge in [0.15, 0.2) is 5.75 Å². The minimum absolute atomic E-state index is 0.107. The molecule has 0 bridgehead atoms. The molecule has 112 valence electrons. The summed E-state index contributed by atoms with van der Waals surface area (Å²) in [6.07, 6.45) is 1.78. The Labute approximate surface area is 131 Å². The van der Waals surface area contributed by atoms with Gasteiger partial charge in [-0.05, 0) is 30.9 Å². The second kappa shape index (κ2) is 6.62. The average Bonchev–Trinajstić information content (AvgIpc) is 2.37. The van der Waals surface area contributed by atoms with Gasteiger partial charge in [-0.25, -0.2) is 13.6 Å². The molecule has 1 aromatic carbocycles. The van der Waals surface area contributed by atoms with Gasteiger partial charge in [0, 0.05) is 17.7 Å². The molecule has 1 aliphatic heterocycles. The van der Waals surface area contributed by atoms with Gasteiger partial charge in [0.25, 0.3) is 0 Å². The lowest BCUT2D eigenvalue weighted by atomic mass is 10.0. The number of halogens is 2. The second-order valence-electron chi connectivity index (χ2n) is 4.63. The molecule has 0 aromatic heterocycles. The number of nitrogens with two attached hydrogens (primary N) is 1. The maximum Gasteiger partial charge on any atom is 0.241 e. The lowest BCUT2D eigenvalue weighted by Crippen LogP contribution is -2.22. The number of hydrogen-bond donors (Lipinski definition) is 1. The molecule has 1 heterocycles. The third-order valence-corrected chi connectivity index (χ3v) is 4.74. The normalized spacial score (nSPS) is 17.1. The molecule has 2 N–H and O–H groups in total. The number of primary sulfonamides is 1. The molecule has 1 aromatic rings. The number of hydrogen-bond acceptors (Lipinski definition) is 4. The Morgan fingerprint density at radius 2 is 2.05 bits per heavy atom. The quantitative estimate of drug-likeness (QED) is 0.865. The molecule has 0 amide bonds. The van der Waals surface area contributed by atoms with Crippen LogP contribution in [0.4, 0.5) is 0 Å². The molecular formula is C12H15BrClNO4S. The van der Waals surface area contributed by atoms with Crippen molar-refractivity contribution < 1.29 is 17.9 Å². The summed E-state index contributed by atoms with van der Waals surface area (Å²) >= 11 is 9.25. The molecule has 0 saturated carbocycles. The fraction of sp³-hybridized carbons (Fsp3) is 0.500. The molecule has 1 saturated heterocycles. The molecule has 0 spiro atoms. The predicted octanol–water partition coefficient (Wildman–Crippen LogP) is 2.56. The van der Waals surface area contributed by atoms with Crippen LogP contribution in [0.5, 0.6) is 5.75 Å². The van der Waals surface area contributed by atoms with E-state index in [0.717, 1.165) is 12.8 Å². The Morgan fingerprint density at radius 1 is 1.40 bits per heavy atom. The highest BCUT2D eigenvalue weighted by Crippen LogP contribution is 2.35. The van der Waals surface area contributed by atoms with Crippen molar-refractivity contribution in [2.75, 3.05) is 19.8 Å². The van der Waals surface area contributed by atoms with Gasteiger partial charge in [-0.15, -0.1) is 0 Å². The highest BCUT2D eigenvalue weighted by molar-refractivity contribution is 9.10. The Kier molecular flexibility index (Phi) is 5.30. The lowest BCUT2D eigenvalue weighted by molar-refractivity contribution is 0.0493. The second-order valence-corrected chi connectivity index (χ2v) is 7.48. The van der Waals surface area contributed by atoms with Crippen LogP contribution in [0.1, 0.15) is 12.8 Å². The van der Waals surface area contributed by atoms with Crippen molar-refractivity contribution in [2.45, 2.75) is 17.7 Å². The molecule has 5 nitrogen and oxygen atoms in total. The summed E-state index contributed by atoms with van der Waals surface area (Å²) in [4.78, 5) is -0.107. The maximum absolute atomic E-state index is 11.6. The first-order valence-corrected chi connectivity index (χ1v) is 8.82. The smallest absolute Gasteiger partial charge is 0.241 e. The number of rotatable bonds is 4. The van der Waals surface area contributed by atoms with Crippen LogP contribution in [0.3, 0.4) is 0 Å². The summed E-state index contributed by atoms with van der Waals surface area (Å²) in [5.41, 5.74) is 0. The van der Waals surface area contributed by atoms with Crippen LogP contribution < -0.4 is 9.88 Å². The zero-order valence-electron chi connectivity index (χ0n) is 10.6. The molecular weight excluding hydrogens is 370 g/mol. The zero-order valence-corrected chi connectivity index (χ0v) is 13.8. The fourth-order valence-electron chi connectivity index (χ4n) is 2.00. The van der Waals surface area contributed by atoms with Gasteiger partial charge < -0.3 is 9.47 Å². The van der Waals surface area contributed by atoms with Gasteiger partial charge in [-0.2, -0.15) is 0 Å². The third kappa shape index (κ3) is 4.08. The molecule has 0 radical (unpaired) electrons. The van der Waals surface area contributed by atoms with Crippen molar-refractivity contribution >= 4 is 37.6 Å². The third-order valence-electron chi connectivity index (χ3n) is 3.09. The Morgan fingerprint density at radius 3 is 2.65 bits per heavy atom. The number of ether oxygens (including phenoxy) is 2. The molecule has 8 heteroatoms. The largest absolute Gasteiger partial charge is 0.490 e. The van der Waals surface area contributed by atoms with E-state index in [4.69, 9.17) is 26.2 Å². The van der Waals surface area contributed by atoms with E-state index < -0.39 is 10.0 Å². The summed E-state index contributed by atoms with van der Waals surface area (Å²) in [5.74, 6) is 0.445. The van der Waals surface area contributed by atoms with E-state index in [9.17, 15) is 8.42 Å². The van der Waals surface area contributed by atoms with Crippen LogP contribution in [-0.2, 0) is 14.8 Å². The van der Waals surface area contributed by atoms with Crippen LogP contribution in [0.2, 0.25) is 5.02 Å². The highest BCUT2D eigenvalue weighted by Gasteiger charge is 2.21. The fourth-order valence-corrected chi connectivity index (χ4v) is 3.79. The monoisotopic (exact) mass is 383 g/mol. The van der Waals surface area contributed by atoms with Crippen molar-refractivity contribution in [3.63, 3.8) is 0 Å². The molecule has 0 aliphatic carbocycles. The van der Waals surface area contributed by atoms with Gasteiger partial charge >= 0.3 is 0 Å². The minimum atomic E-state index is -3.90. The lowest BCUT2D eigenvalue weighted by Gasteiger charge is -2.23. The van der Waals surface area contributed by atoms with E-state index in [2.05, 4.69) is 15.9 Å². The number of benzene rings is 1. The Bertz CT molecular complexity index is 587. The average molecular weight is 385 g/mol. The molecule has 1 fully saturated rings. The first-order chi connectivity index (χ1) is 9.38. The van der Waals surface area contributed by atoms with Gasteiger partial charge in [-0.1, -0.05) is 27.5 Å². The number of sulfonamides is 1. The summed E-state index contributed by atoms with van der Waals surface area (Å²) in [6.45, 7) is 1.79. The van der Waals surface area contributed by atoms with Crippen molar-refractivity contribution in [3.05, 3.63) is 21.6 Å². The topological polar surface area (TPSA) is 78.6 Å². The van der Waals surface area contributed by atoms with E-state index in [1.807, 2.05) is 0 Å². The predicted molar refractivity (Wildman–Crippen MR) is 79.6 cm³/mol. The van der Waals surface area contributed by atoms with Crippen LogP contribution >= 0.6 is 27.5 Å². The van der Waals surface area contributed by atoms with Gasteiger partial charge in [0.2, 0.25) is 10.0 Å². The first kappa shape index (κ1) is 16.0. The van der Waals surface area contributed by atoms with E-state index in [0.29, 0.717) is 30.2 Å². The summed E-state index contributed by atoms with van der Waals surface area (Å²) in [5, 5.41) is 5.41. The van der Waals surface area contributed by atoms with E-state index in [1.165, 1.54) is 6.07 Å². The van der Waals surface area contributed by atoms with Crippen LogP contribution in [-0.4, -0.2) is 28.2 Å². The zero-order chi connectivity index (χ0) is 14.8. The molecule has 2 rings (SSSR count). The van der Waals surface area contributed by atoms with Gasteiger partial charge in [0.05, 0.1) is 11.6 Å². The summed E-state index contributed by atoms with van der Waals surface area (Å²) in [6, 6.07) is 2.97. The maximum atomic E-state index is 11.6. The van der Waals surface area contributed by atoms with E-state index in [-0.39, 0.29) is 15.7 Å². The summed E-state index contributed by atoms with van der Waals surface area (Å²) < 4.78 is 34.6. The Hall–Kier alpha value is -0.340. The van der Waals surface area contributed by atoms with Crippen molar-refractivity contribution in [1.82, 2.24) is 0 Å². The van der Waals surface area contributed by atoms with E-state index in [1.54, 1.807) is 6.07 Å².